The monoisotopic (exact) mass is 288 g/mol. The first-order chi connectivity index (χ1) is 9.09. The minimum Gasteiger partial charge on any atom is -0.380 e. The minimum atomic E-state index is -2.81. The average Bonchev–Trinajstić information content (AvgIpc) is 2.37. The second-order valence-corrected chi connectivity index (χ2v) is 7.63. The predicted octanol–water partition coefficient (Wildman–Crippen LogP) is 0.0416. The Kier molecular flexibility index (Phi) is 5.38. The maximum Gasteiger partial charge on any atom is 0.153 e. The quantitative estimate of drug-likeness (QED) is 0.724. The lowest BCUT2D eigenvalue weighted by Crippen LogP contribution is -2.46. The summed E-state index contributed by atoms with van der Waals surface area (Å²) in [5.41, 5.74) is 1.37. The van der Waals surface area contributed by atoms with E-state index in [0.29, 0.717) is 12.3 Å². The van der Waals surface area contributed by atoms with Gasteiger partial charge in [0.15, 0.2) is 9.84 Å². The molecule has 1 fully saturated rings. The highest BCUT2D eigenvalue weighted by molar-refractivity contribution is 7.91. The third-order valence-electron chi connectivity index (χ3n) is 3.81. The van der Waals surface area contributed by atoms with Gasteiger partial charge in [0.2, 0.25) is 0 Å². The summed E-state index contributed by atoms with van der Waals surface area (Å²) in [4.78, 5) is 2.38. The van der Waals surface area contributed by atoms with Crippen LogP contribution in [0, 0.1) is 0 Å². The zero-order valence-corrected chi connectivity index (χ0v) is 12.4. The van der Waals surface area contributed by atoms with Crippen LogP contribution < -0.4 is 5.32 Å². The maximum atomic E-state index is 11.5. The zero-order valence-electron chi connectivity index (χ0n) is 11.6. The van der Waals surface area contributed by atoms with Gasteiger partial charge in [0.05, 0.1) is 18.1 Å². The molecule has 0 aromatic rings. The Labute approximate surface area is 115 Å². The molecule has 1 unspecified atom stereocenters. The Morgan fingerprint density at radius 1 is 1.53 bits per heavy atom. The molecule has 0 aliphatic carbocycles. The molecule has 1 atom stereocenters. The SMILES string of the molecule is COCC1=CCN(CCC2CS(=O)(=O)CCN2)CC1. The number of nitrogens with zero attached hydrogens (tertiary/aromatic N) is 1. The fourth-order valence-corrected chi connectivity index (χ4v) is 4.16. The summed E-state index contributed by atoms with van der Waals surface area (Å²) in [5.74, 6) is 0.585. The van der Waals surface area contributed by atoms with E-state index in [1.807, 2.05) is 0 Å². The third-order valence-corrected chi connectivity index (χ3v) is 5.55. The summed E-state index contributed by atoms with van der Waals surface area (Å²) in [6, 6.07) is 0.128. The minimum absolute atomic E-state index is 0.128. The summed E-state index contributed by atoms with van der Waals surface area (Å²) in [7, 11) is -1.09. The van der Waals surface area contributed by atoms with E-state index in [9.17, 15) is 8.42 Å². The van der Waals surface area contributed by atoms with Crippen LogP contribution in [-0.4, -0.2) is 70.8 Å². The molecule has 5 nitrogen and oxygen atoms in total. The van der Waals surface area contributed by atoms with Crippen molar-refractivity contribution in [2.24, 2.45) is 0 Å². The average molecular weight is 288 g/mol. The number of ether oxygens (including phenoxy) is 1. The van der Waals surface area contributed by atoms with Crippen molar-refractivity contribution in [3.63, 3.8) is 0 Å². The van der Waals surface area contributed by atoms with Crippen molar-refractivity contribution in [1.29, 1.82) is 0 Å². The first-order valence-electron chi connectivity index (χ1n) is 6.92. The van der Waals surface area contributed by atoms with Gasteiger partial charge in [0.25, 0.3) is 0 Å². The first kappa shape index (κ1) is 15.0. The summed E-state index contributed by atoms with van der Waals surface area (Å²) in [6.45, 7) is 4.30. The van der Waals surface area contributed by atoms with E-state index in [1.165, 1.54) is 5.57 Å². The summed E-state index contributed by atoms with van der Waals surface area (Å²) in [6.07, 6.45) is 4.20. The largest absolute Gasteiger partial charge is 0.380 e. The lowest BCUT2D eigenvalue weighted by atomic mass is 10.1. The van der Waals surface area contributed by atoms with Gasteiger partial charge in [-0.05, 0) is 25.0 Å². The molecule has 1 N–H and O–H groups in total. The van der Waals surface area contributed by atoms with Crippen molar-refractivity contribution < 1.29 is 13.2 Å². The fraction of sp³-hybridized carbons (Fsp3) is 0.846. The van der Waals surface area contributed by atoms with Crippen molar-refractivity contribution >= 4 is 9.84 Å². The number of hydrogen-bond donors (Lipinski definition) is 1. The normalized spacial score (nSPS) is 28.1. The molecule has 0 aromatic carbocycles. The van der Waals surface area contributed by atoms with Crippen LogP contribution in [0.25, 0.3) is 0 Å². The predicted molar refractivity (Wildman–Crippen MR) is 76.1 cm³/mol. The van der Waals surface area contributed by atoms with Gasteiger partial charge in [-0.1, -0.05) is 6.08 Å². The van der Waals surface area contributed by atoms with Crippen LogP contribution in [0.4, 0.5) is 0 Å². The molecule has 2 rings (SSSR count). The number of rotatable bonds is 5. The molecule has 0 spiro atoms. The van der Waals surface area contributed by atoms with E-state index >= 15 is 0 Å². The highest BCUT2D eigenvalue weighted by Gasteiger charge is 2.24. The van der Waals surface area contributed by atoms with Crippen molar-refractivity contribution in [2.75, 3.05) is 51.4 Å². The number of hydrogen-bond acceptors (Lipinski definition) is 5. The van der Waals surface area contributed by atoms with Crippen LogP contribution in [0.3, 0.4) is 0 Å². The molecule has 0 bridgehead atoms. The molecule has 19 heavy (non-hydrogen) atoms. The highest BCUT2D eigenvalue weighted by Crippen LogP contribution is 2.12. The van der Waals surface area contributed by atoms with Gasteiger partial charge in [-0.3, -0.25) is 4.90 Å². The van der Waals surface area contributed by atoms with Crippen molar-refractivity contribution in [2.45, 2.75) is 18.9 Å². The van der Waals surface area contributed by atoms with Crippen LogP contribution >= 0.6 is 0 Å². The van der Waals surface area contributed by atoms with E-state index in [4.69, 9.17) is 4.74 Å². The molecular formula is C13H24N2O3S. The van der Waals surface area contributed by atoms with E-state index in [1.54, 1.807) is 7.11 Å². The van der Waals surface area contributed by atoms with Gasteiger partial charge in [0, 0.05) is 32.8 Å². The molecule has 2 aliphatic heterocycles. The maximum absolute atomic E-state index is 11.5. The van der Waals surface area contributed by atoms with Crippen LogP contribution in [0.2, 0.25) is 0 Å². The van der Waals surface area contributed by atoms with Gasteiger partial charge < -0.3 is 10.1 Å². The summed E-state index contributed by atoms with van der Waals surface area (Å²) in [5, 5.41) is 3.30. The second kappa shape index (κ2) is 6.83. The number of methoxy groups -OCH3 is 1. The van der Waals surface area contributed by atoms with Crippen LogP contribution in [0.5, 0.6) is 0 Å². The van der Waals surface area contributed by atoms with Crippen LogP contribution in [0.15, 0.2) is 11.6 Å². The molecule has 1 saturated heterocycles. The Balaban J connectivity index is 1.72. The molecule has 0 saturated carbocycles. The topological polar surface area (TPSA) is 58.6 Å². The zero-order chi connectivity index (χ0) is 13.7. The van der Waals surface area contributed by atoms with Gasteiger partial charge in [-0.2, -0.15) is 0 Å². The van der Waals surface area contributed by atoms with E-state index < -0.39 is 9.84 Å². The van der Waals surface area contributed by atoms with Crippen molar-refractivity contribution in [3.8, 4) is 0 Å². The van der Waals surface area contributed by atoms with Gasteiger partial charge >= 0.3 is 0 Å². The van der Waals surface area contributed by atoms with E-state index in [2.05, 4.69) is 16.3 Å². The van der Waals surface area contributed by atoms with Crippen molar-refractivity contribution in [1.82, 2.24) is 10.2 Å². The lowest BCUT2D eigenvalue weighted by Gasteiger charge is -2.29. The molecule has 0 radical (unpaired) electrons. The lowest BCUT2D eigenvalue weighted by molar-refractivity contribution is 0.210. The molecule has 6 heteroatoms. The third kappa shape index (κ3) is 4.87. The van der Waals surface area contributed by atoms with E-state index in [-0.39, 0.29) is 11.8 Å². The number of sulfone groups is 1. The van der Waals surface area contributed by atoms with E-state index in [0.717, 1.165) is 39.1 Å². The molecule has 110 valence electrons. The smallest absolute Gasteiger partial charge is 0.153 e. The van der Waals surface area contributed by atoms with Gasteiger partial charge in [0.1, 0.15) is 0 Å². The molecule has 0 amide bonds. The Bertz CT molecular complexity index is 420. The van der Waals surface area contributed by atoms with Gasteiger partial charge in [-0.15, -0.1) is 0 Å². The molecule has 2 heterocycles. The first-order valence-corrected chi connectivity index (χ1v) is 8.74. The summed E-state index contributed by atoms with van der Waals surface area (Å²) >= 11 is 0. The Morgan fingerprint density at radius 3 is 3.00 bits per heavy atom. The fourth-order valence-electron chi connectivity index (χ4n) is 2.66. The van der Waals surface area contributed by atoms with Crippen molar-refractivity contribution in [3.05, 3.63) is 11.6 Å². The molecular weight excluding hydrogens is 264 g/mol. The second-order valence-electron chi connectivity index (χ2n) is 5.40. The Hall–Kier alpha value is -0.430. The molecule has 2 aliphatic rings. The van der Waals surface area contributed by atoms with Crippen LogP contribution in [-0.2, 0) is 14.6 Å². The highest BCUT2D eigenvalue weighted by atomic mass is 32.2. The number of nitrogens with one attached hydrogen (secondary N) is 1. The van der Waals surface area contributed by atoms with Gasteiger partial charge in [-0.25, -0.2) is 8.42 Å². The Morgan fingerprint density at radius 2 is 2.37 bits per heavy atom. The standard InChI is InChI=1S/C13H24N2O3S/c1-18-10-12-2-6-15(7-3-12)8-4-13-11-19(16,17)9-5-14-13/h2,13-14H,3-11H2,1H3. The molecule has 0 aromatic heterocycles. The summed E-state index contributed by atoms with van der Waals surface area (Å²) < 4.78 is 28.2. The van der Waals surface area contributed by atoms with Crippen LogP contribution in [0.1, 0.15) is 12.8 Å².